The summed E-state index contributed by atoms with van der Waals surface area (Å²) in [4.78, 5) is 3.79. The standard InChI is InChI=1S/C24H34N2O3/c1-4-19(2)21-9-5-7-11-23(21)29-18-20(27)17-25-13-15-26(16-14-25)22-10-6-8-12-24(22)28-3/h5-12,19-20,27H,4,13-18H2,1-3H3/p+1/t19-,20+/m0/s1. The van der Waals surface area contributed by atoms with Gasteiger partial charge >= 0.3 is 0 Å². The van der Waals surface area contributed by atoms with Crippen molar-refractivity contribution in [3.8, 4) is 11.5 Å². The van der Waals surface area contributed by atoms with Crippen LogP contribution in [0.3, 0.4) is 0 Å². The van der Waals surface area contributed by atoms with Crippen molar-refractivity contribution in [1.82, 2.24) is 0 Å². The Balaban J connectivity index is 1.47. The fourth-order valence-corrected chi connectivity index (χ4v) is 3.98. The van der Waals surface area contributed by atoms with Crippen LogP contribution in [-0.4, -0.2) is 57.7 Å². The fourth-order valence-electron chi connectivity index (χ4n) is 3.98. The van der Waals surface area contributed by atoms with E-state index in [9.17, 15) is 5.11 Å². The van der Waals surface area contributed by atoms with Crippen molar-refractivity contribution in [2.24, 2.45) is 0 Å². The lowest BCUT2D eigenvalue weighted by atomic mass is 9.98. The lowest BCUT2D eigenvalue weighted by molar-refractivity contribution is -0.903. The highest BCUT2D eigenvalue weighted by Crippen LogP contribution is 2.29. The molecule has 2 atom stereocenters. The molecule has 29 heavy (non-hydrogen) atoms. The molecule has 5 heteroatoms. The normalized spacial score (nSPS) is 17.0. The average Bonchev–Trinajstić information content (AvgIpc) is 2.78. The lowest BCUT2D eigenvalue weighted by Gasteiger charge is -2.35. The largest absolute Gasteiger partial charge is 0.495 e. The van der Waals surface area contributed by atoms with Gasteiger partial charge in [0, 0.05) is 0 Å². The number of quaternary nitrogens is 1. The maximum absolute atomic E-state index is 10.5. The number of benzene rings is 2. The van der Waals surface area contributed by atoms with Crippen LogP contribution in [0.25, 0.3) is 0 Å². The van der Waals surface area contributed by atoms with Crippen LogP contribution in [0.5, 0.6) is 11.5 Å². The molecule has 0 bridgehead atoms. The highest BCUT2D eigenvalue weighted by molar-refractivity contribution is 5.58. The molecule has 1 heterocycles. The van der Waals surface area contributed by atoms with Gasteiger partial charge in [0.25, 0.3) is 0 Å². The maximum Gasteiger partial charge on any atom is 0.142 e. The van der Waals surface area contributed by atoms with Crippen LogP contribution in [0.15, 0.2) is 48.5 Å². The first-order valence-electron chi connectivity index (χ1n) is 10.7. The van der Waals surface area contributed by atoms with Crippen molar-refractivity contribution < 1.29 is 19.5 Å². The number of rotatable bonds is 9. The van der Waals surface area contributed by atoms with E-state index in [0.29, 0.717) is 19.1 Å². The summed E-state index contributed by atoms with van der Waals surface area (Å²) in [6.07, 6.45) is 0.608. The van der Waals surface area contributed by atoms with E-state index in [1.807, 2.05) is 24.3 Å². The van der Waals surface area contributed by atoms with Gasteiger partial charge in [-0.25, -0.2) is 0 Å². The van der Waals surface area contributed by atoms with Gasteiger partial charge < -0.3 is 24.4 Å². The molecular weight excluding hydrogens is 364 g/mol. The highest BCUT2D eigenvalue weighted by atomic mass is 16.5. The topological polar surface area (TPSA) is 46.4 Å². The molecule has 3 rings (SSSR count). The van der Waals surface area contributed by atoms with Crippen molar-refractivity contribution in [1.29, 1.82) is 0 Å². The lowest BCUT2D eigenvalue weighted by Crippen LogP contribution is -3.16. The summed E-state index contributed by atoms with van der Waals surface area (Å²) in [7, 11) is 1.72. The minimum atomic E-state index is -0.465. The third kappa shape index (κ3) is 5.64. The molecule has 1 aliphatic rings. The zero-order valence-corrected chi connectivity index (χ0v) is 17.9. The minimum Gasteiger partial charge on any atom is -0.495 e. The van der Waals surface area contributed by atoms with Crippen molar-refractivity contribution in [3.05, 3.63) is 54.1 Å². The number of hydrogen-bond acceptors (Lipinski definition) is 4. The number of ether oxygens (including phenoxy) is 2. The van der Waals surface area contributed by atoms with E-state index >= 15 is 0 Å². The summed E-state index contributed by atoms with van der Waals surface area (Å²) in [5, 5.41) is 10.5. The summed E-state index contributed by atoms with van der Waals surface area (Å²) in [5.41, 5.74) is 2.37. The number of aliphatic hydroxyl groups is 1. The van der Waals surface area contributed by atoms with E-state index in [4.69, 9.17) is 9.47 Å². The van der Waals surface area contributed by atoms with Crippen LogP contribution in [0, 0.1) is 0 Å². The number of anilines is 1. The van der Waals surface area contributed by atoms with Gasteiger partial charge in [0.2, 0.25) is 0 Å². The van der Waals surface area contributed by atoms with E-state index in [-0.39, 0.29) is 0 Å². The van der Waals surface area contributed by atoms with Crippen LogP contribution in [-0.2, 0) is 0 Å². The van der Waals surface area contributed by atoms with Crippen molar-refractivity contribution >= 4 is 5.69 Å². The molecule has 1 saturated heterocycles. The molecule has 0 spiro atoms. The van der Waals surface area contributed by atoms with E-state index in [1.165, 1.54) is 10.5 Å². The Bertz CT molecular complexity index is 759. The highest BCUT2D eigenvalue weighted by Gasteiger charge is 2.24. The Labute approximate surface area is 174 Å². The molecular formula is C24H35N2O3+. The number of methoxy groups -OCH3 is 1. The number of piperazine rings is 1. The van der Waals surface area contributed by atoms with E-state index in [2.05, 4.69) is 43.0 Å². The summed E-state index contributed by atoms with van der Waals surface area (Å²) < 4.78 is 11.5. The number of para-hydroxylation sites is 3. The fraction of sp³-hybridized carbons (Fsp3) is 0.500. The second-order valence-corrected chi connectivity index (χ2v) is 7.92. The number of nitrogens with zero attached hydrogens (tertiary/aromatic N) is 1. The van der Waals surface area contributed by atoms with Gasteiger partial charge in [0.1, 0.15) is 30.8 Å². The minimum absolute atomic E-state index is 0.340. The molecule has 158 valence electrons. The average molecular weight is 400 g/mol. The molecule has 0 aliphatic carbocycles. The molecule has 0 radical (unpaired) electrons. The van der Waals surface area contributed by atoms with Crippen molar-refractivity contribution in [2.45, 2.75) is 32.3 Å². The molecule has 2 aromatic rings. The Kier molecular flexibility index (Phi) is 7.78. The zero-order valence-electron chi connectivity index (χ0n) is 17.9. The first kappa shape index (κ1) is 21.5. The first-order chi connectivity index (χ1) is 14.1. The predicted octanol–water partition coefficient (Wildman–Crippen LogP) is 2.35. The zero-order chi connectivity index (χ0) is 20.6. The summed E-state index contributed by atoms with van der Waals surface area (Å²) in [5.74, 6) is 2.28. The van der Waals surface area contributed by atoms with Crippen molar-refractivity contribution in [2.75, 3.05) is 51.3 Å². The van der Waals surface area contributed by atoms with Gasteiger partial charge in [0.15, 0.2) is 0 Å². The molecule has 0 unspecified atom stereocenters. The van der Waals surface area contributed by atoms with Crippen LogP contribution in [0.4, 0.5) is 5.69 Å². The number of aliphatic hydroxyl groups excluding tert-OH is 1. The maximum atomic E-state index is 10.5. The van der Waals surface area contributed by atoms with Gasteiger partial charge in [-0.15, -0.1) is 0 Å². The van der Waals surface area contributed by atoms with E-state index in [0.717, 1.165) is 49.8 Å². The van der Waals surface area contributed by atoms with Gasteiger partial charge in [-0.05, 0) is 36.1 Å². The van der Waals surface area contributed by atoms with Crippen molar-refractivity contribution in [3.63, 3.8) is 0 Å². The predicted molar refractivity (Wildman–Crippen MR) is 117 cm³/mol. The summed E-state index contributed by atoms with van der Waals surface area (Å²) in [6.45, 7) is 9.37. The quantitative estimate of drug-likeness (QED) is 0.680. The SMILES string of the molecule is CC[C@H](C)c1ccccc1OC[C@H](O)C[NH+]1CCN(c2ccccc2OC)CC1. The van der Waals surface area contributed by atoms with Gasteiger partial charge in [-0.1, -0.05) is 44.2 Å². The van der Waals surface area contributed by atoms with Crippen LogP contribution in [0.1, 0.15) is 31.7 Å². The van der Waals surface area contributed by atoms with E-state index < -0.39 is 6.10 Å². The van der Waals surface area contributed by atoms with Gasteiger partial charge in [0.05, 0.1) is 39.0 Å². The molecule has 0 aromatic heterocycles. The smallest absolute Gasteiger partial charge is 0.142 e. The van der Waals surface area contributed by atoms with Gasteiger partial charge in [-0.2, -0.15) is 0 Å². The third-order valence-corrected chi connectivity index (χ3v) is 5.91. The number of nitrogens with one attached hydrogen (secondary N) is 1. The Morgan fingerprint density at radius 2 is 1.69 bits per heavy atom. The monoisotopic (exact) mass is 399 g/mol. The van der Waals surface area contributed by atoms with Crippen LogP contribution >= 0.6 is 0 Å². The molecule has 5 nitrogen and oxygen atoms in total. The summed E-state index contributed by atoms with van der Waals surface area (Å²) in [6, 6.07) is 16.3. The first-order valence-corrected chi connectivity index (χ1v) is 10.7. The number of hydrogen-bond donors (Lipinski definition) is 2. The molecule has 0 saturated carbocycles. The Morgan fingerprint density at radius 1 is 1.03 bits per heavy atom. The molecule has 1 fully saturated rings. The molecule has 2 aromatic carbocycles. The third-order valence-electron chi connectivity index (χ3n) is 5.91. The molecule has 0 amide bonds. The Hall–Kier alpha value is -2.24. The second-order valence-electron chi connectivity index (χ2n) is 7.92. The van der Waals surface area contributed by atoms with Gasteiger partial charge in [-0.3, -0.25) is 0 Å². The van der Waals surface area contributed by atoms with Crippen LogP contribution in [0.2, 0.25) is 0 Å². The van der Waals surface area contributed by atoms with Crippen LogP contribution < -0.4 is 19.3 Å². The molecule has 1 aliphatic heterocycles. The van der Waals surface area contributed by atoms with E-state index in [1.54, 1.807) is 7.11 Å². The Morgan fingerprint density at radius 3 is 2.38 bits per heavy atom. The molecule has 2 N–H and O–H groups in total. The second kappa shape index (κ2) is 10.5. The summed E-state index contributed by atoms with van der Waals surface area (Å²) >= 11 is 0.